The molecule has 1 aliphatic carbocycles. The number of hydrogen-bond donors (Lipinski definition) is 0. The summed E-state index contributed by atoms with van der Waals surface area (Å²) in [6, 6.07) is 0.767. The molecule has 0 aromatic heterocycles. The Bertz CT molecular complexity index is 267. The molecule has 1 saturated heterocycles. The summed E-state index contributed by atoms with van der Waals surface area (Å²) in [6.07, 6.45) is 9.86. The van der Waals surface area contributed by atoms with Gasteiger partial charge in [-0.2, -0.15) is 0 Å². The molecule has 0 aromatic carbocycles. The SMILES string of the molecule is C=C/C(=C\C1CC1C)CC1CCCN1C. The van der Waals surface area contributed by atoms with Crippen LogP contribution in [-0.2, 0) is 0 Å². The van der Waals surface area contributed by atoms with Gasteiger partial charge in [-0.05, 0) is 51.1 Å². The van der Waals surface area contributed by atoms with Crippen molar-refractivity contribution >= 4 is 0 Å². The lowest BCUT2D eigenvalue weighted by molar-refractivity contribution is 0.310. The van der Waals surface area contributed by atoms with Gasteiger partial charge in [0, 0.05) is 6.04 Å². The van der Waals surface area contributed by atoms with E-state index in [0.29, 0.717) is 0 Å². The molecule has 1 saturated carbocycles. The van der Waals surface area contributed by atoms with Crippen molar-refractivity contribution < 1.29 is 0 Å². The number of rotatable bonds is 4. The van der Waals surface area contributed by atoms with E-state index >= 15 is 0 Å². The third kappa shape index (κ3) is 2.72. The maximum absolute atomic E-state index is 3.95. The average Bonchev–Trinajstić information content (AvgIpc) is 2.75. The minimum atomic E-state index is 0.767. The van der Waals surface area contributed by atoms with Gasteiger partial charge in [0.2, 0.25) is 0 Å². The summed E-state index contributed by atoms with van der Waals surface area (Å²) in [5, 5.41) is 0. The standard InChI is InChI=1S/C14H23N/c1-4-12(9-13-8-11(13)2)10-14-6-5-7-15(14)3/h4,9,11,13-14H,1,5-8,10H2,2-3H3/b12-9+. The highest BCUT2D eigenvalue weighted by molar-refractivity contribution is 5.21. The van der Waals surface area contributed by atoms with E-state index in [0.717, 1.165) is 17.9 Å². The van der Waals surface area contributed by atoms with Crippen LogP contribution in [0.1, 0.15) is 32.6 Å². The highest BCUT2D eigenvalue weighted by Gasteiger charge is 2.30. The molecule has 84 valence electrons. The van der Waals surface area contributed by atoms with E-state index in [2.05, 4.69) is 37.6 Å². The zero-order valence-corrected chi connectivity index (χ0v) is 10.1. The van der Waals surface area contributed by atoms with E-state index in [9.17, 15) is 0 Å². The highest BCUT2D eigenvalue weighted by atomic mass is 15.1. The van der Waals surface area contributed by atoms with Crippen LogP contribution in [-0.4, -0.2) is 24.5 Å². The molecular formula is C14H23N. The first-order valence-corrected chi connectivity index (χ1v) is 6.24. The Hall–Kier alpha value is -0.560. The molecule has 3 unspecified atom stereocenters. The van der Waals surface area contributed by atoms with Crippen molar-refractivity contribution in [3.8, 4) is 0 Å². The fourth-order valence-corrected chi connectivity index (χ4v) is 2.59. The molecular weight excluding hydrogens is 182 g/mol. The predicted octanol–water partition coefficient (Wildman–Crippen LogP) is 3.24. The fourth-order valence-electron chi connectivity index (χ4n) is 2.59. The van der Waals surface area contributed by atoms with Gasteiger partial charge >= 0.3 is 0 Å². The van der Waals surface area contributed by atoms with E-state index in [4.69, 9.17) is 0 Å². The van der Waals surface area contributed by atoms with Gasteiger partial charge in [-0.15, -0.1) is 0 Å². The predicted molar refractivity (Wildman–Crippen MR) is 65.8 cm³/mol. The van der Waals surface area contributed by atoms with E-state index in [1.807, 2.05) is 0 Å². The van der Waals surface area contributed by atoms with Crippen LogP contribution in [0, 0.1) is 11.8 Å². The summed E-state index contributed by atoms with van der Waals surface area (Å²) in [5.74, 6) is 1.77. The van der Waals surface area contributed by atoms with E-state index < -0.39 is 0 Å². The van der Waals surface area contributed by atoms with Crippen LogP contribution in [0.2, 0.25) is 0 Å². The second-order valence-corrected chi connectivity index (χ2v) is 5.30. The van der Waals surface area contributed by atoms with E-state index in [1.54, 1.807) is 0 Å². The molecule has 0 amide bonds. The second kappa shape index (κ2) is 4.52. The summed E-state index contributed by atoms with van der Waals surface area (Å²) < 4.78 is 0. The van der Waals surface area contributed by atoms with Crippen LogP contribution in [0.5, 0.6) is 0 Å². The zero-order chi connectivity index (χ0) is 10.8. The lowest BCUT2D eigenvalue weighted by atomic mass is 10.0. The smallest absolute Gasteiger partial charge is 0.0133 e. The lowest BCUT2D eigenvalue weighted by Crippen LogP contribution is -2.24. The van der Waals surface area contributed by atoms with E-state index in [-0.39, 0.29) is 0 Å². The van der Waals surface area contributed by atoms with Gasteiger partial charge in [-0.25, -0.2) is 0 Å². The van der Waals surface area contributed by atoms with Crippen molar-refractivity contribution in [1.82, 2.24) is 4.90 Å². The molecule has 1 heterocycles. The molecule has 0 spiro atoms. The first-order chi connectivity index (χ1) is 7.20. The molecule has 0 N–H and O–H groups in total. The number of hydrogen-bond acceptors (Lipinski definition) is 1. The first-order valence-electron chi connectivity index (χ1n) is 6.24. The van der Waals surface area contributed by atoms with Crippen molar-refractivity contribution in [3.63, 3.8) is 0 Å². The molecule has 1 heteroatoms. The number of likely N-dealkylation sites (tertiary alicyclic amines) is 1. The number of allylic oxidation sites excluding steroid dienone is 2. The Morgan fingerprint density at radius 1 is 1.53 bits per heavy atom. The van der Waals surface area contributed by atoms with Gasteiger partial charge in [0.15, 0.2) is 0 Å². The van der Waals surface area contributed by atoms with Crippen molar-refractivity contribution in [2.24, 2.45) is 11.8 Å². The van der Waals surface area contributed by atoms with Gasteiger partial charge in [0.1, 0.15) is 0 Å². The molecule has 2 aliphatic rings. The van der Waals surface area contributed by atoms with Gasteiger partial charge in [0.25, 0.3) is 0 Å². The zero-order valence-electron chi connectivity index (χ0n) is 10.1. The molecule has 0 radical (unpaired) electrons. The molecule has 1 aliphatic heterocycles. The van der Waals surface area contributed by atoms with Gasteiger partial charge in [-0.3, -0.25) is 0 Å². The third-order valence-electron chi connectivity index (χ3n) is 4.00. The Labute approximate surface area is 93.9 Å². The fraction of sp³-hybridized carbons (Fsp3) is 0.714. The summed E-state index contributed by atoms with van der Waals surface area (Å²) in [6.45, 7) is 7.56. The Morgan fingerprint density at radius 2 is 2.27 bits per heavy atom. The molecule has 0 aromatic rings. The van der Waals surface area contributed by atoms with Gasteiger partial charge in [-0.1, -0.05) is 31.2 Å². The van der Waals surface area contributed by atoms with Crippen LogP contribution in [0.3, 0.4) is 0 Å². The van der Waals surface area contributed by atoms with Crippen LogP contribution in [0.4, 0.5) is 0 Å². The van der Waals surface area contributed by atoms with Crippen molar-refractivity contribution in [2.75, 3.05) is 13.6 Å². The summed E-state index contributed by atoms with van der Waals surface area (Å²) in [4.78, 5) is 2.49. The minimum absolute atomic E-state index is 0.767. The topological polar surface area (TPSA) is 3.24 Å². The lowest BCUT2D eigenvalue weighted by Gasteiger charge is -2.19. The van der Waals surface area contributed by atoms with Crippen LogP contribution >= 0.6 is 0 Å². The minimum Gasteiger partial charge on any atom is -0.303 e. The highest BCUT2D eigenvalue weighted by Crippen LogP contribution is 2.40. The average molecular weight is 205 g/mol. The van der Waals surface area contributed by atoms with Gasteiger partial charge < -0.3 is 4.90 Å². The maximum Gasteiger partial charge on any atom is 0.0133 e. The van der Waals surface area contributed by atoms with Gasteiger partial charge in [0.05, 0.1) is 0 Å². The van der Waals surface area contributed by atoms with Crippen LogP contribution in [0.25, 0.3) is 0 Å². The van der Waals surface area contributed by atoms with Crippen LogP contribution < -0.4 is 0 Å². The Kier molecular flexibility index (Phi) is 3.30. The molecule has 15 heavy (non-hydrogen) atoms. The molecule has 2 rings (SSSR count). The summed E-state index contributed by atoms with van der Waals surface area (Å²) in [7, 11) is 2.25. The second-order valence-electron chi connectivity index (χ2n) is 5.30. The maximum atomic E-state index is 3.95. The van der Waals surface area contributed by atoms with Crippen molar-refractivity contribution in [3.05, 3.63) is 24.3 Å². The molecule has 2 fully saturated rings. The largest absolute Gasteiger partial charge is 0.303 e. The molecule has 3 atom stereocenters. The Morgan fingerprint density at radius 3 is 2.73 bits per heavy atom. The normalized spacial score (nSPS) is 36.9. The monoisotopic (exact) mass is 205 g/mol. The van der Waals surface area contributed by atoms with Crippen molar-refractivity contribution in [1.29, 1.82) is 0 Å². The number of nitrogens with zero attached hydrogens (tertiary/aromatic N) is 1. The first kappa shape index (κ1) is 10.9. The molecule has 0 bridgehead atoms. The Balaban J connectivity index is 1.90. The quantitative estimate of drug-likeness (QED) is 0.637. The third-order valence-corrected chi connectivity index (χ3v) is 4.00. The molecule has 1 nitrogen and oxygen atoms in total. The van der Waals surface area contributed by atoms with E-state index in [1.165, 1.54) is 37.8 Å². The van der Waals surface area contributed by atoms with Crippen LogP contribution in [0.15, 0.2) is 24.3 Å². The summed E-state index contributed by atoms with van der Waals surface area (Å²) in [5.41, 5.74) is 1.48. The summed E-state index contributed by atoms with van der Waals surface area (Å²) >= 11 is 0. The van der Waals surface area contributed by atoms with Crippen molar-refractivity contribution in [2.45, 2.75) is 38.6 Å².